The SMILES string of the molecule is C=C(C)CN(CC)C(=O)CSc1nc2ccccc2nc1C. The quantitative estimate of drug-likeness (QED) is 0.605. The second-order valence-electron chi connectivity index (χ2n) is 5.26. The fourth-order valence-electron chi connectivity index (χ4n) is 2.13. The van der Waals surface area contributed by atoms with E-state index in [9.17, 15) is 4.79 Å². The molecule has 4 nitrogen and oxygen atoms in total. The van der Waals surface area contributed by atoms with Crippen LogP contribution in [0.15, 0.2) is 41.4 Å². The highest BCUT2D eigenvalue weighted by Crippen LogP contribution is 2.22. The largest absolute Gasteiger partial charge is 0.338 e. The summed E-state index contributed by atoms with van der Waals surface area (Å²) in [5, 5.41) is 0.818. The summed E-state index contributed by atoms with van der Waals surface area (Å²) in [6.45, 7) is 11.0. The molecule has 0 aliphatic rings. The first-order chi connectivity index (χ1) is 10.5. The van der Waals surface area contributed by atoms with Crippen LogP contribution < -0.4 is 0 Å². The molecule has 22 heavy (non-hydrogen) atoms. The first-order valence-electron chi connectivity index (χ1n) is 7.29. The summed E-state index contributed by atoms with van der Waals surface area (Å²) in [4.78, 5) is 23.2. The van der Waals surface area contributed by atoms with Gasteiger partial charge in [0.05, 0.1) is 22.5 Å². The van der Waals surface area contributed by atoms with Gasteiger partial charge in [-0.3, -0.25) is 4.79 Å². The van der Waals surface area contributed by atoms with Crippen LogP contribution in [0, 0.1) is 6.92 Å². The summed E-state index contributed by atoms with van der Waals surface area (Å²) in [5.74, 6) is 0.472. The molecule has 0 aliphatic heterocycles. The molecular formula is C17H21N3OS. The zero-order valence-electron chi connectivity index (χ0n) is 13.3. The van der Waals surface area contributed by atoms with Crippen molar-refractivity contribution in [3.05, 3.63) is 42.1 Å². The number of para-hydroxylation sites is 2. The Morgan fingerprint density at radius 1 is 1.27 bits per heavy atom. The number of nitrogens with zero attached hydrogens (tertiary/aromatic N) is 3. The molecule has 2 aromatic rings. The summed E-state index contributed by atoms with van der Waals surface area (Å²) < 4.78 is 0. The van der Waals surface area contributed by atoms with Crippen molar-refractivity contribution in [3.8, 4) is 0 Å². The highest BCUT2D eigenvalue weighted by molar-refractivity contribution is 7.99. The van der Waals surface area contributed by atoms with Gasteiger partial charge in [0.25, 0.3) is 0 Å². The third kappa shape index (κ3) is 4.07. The zero-order chi connectivity index (χ0) is 16.1. The number of fused-ring (bicyclic) bond motifs is 1. The van der Waals surface area contributed by atoms with Crippen LogP contribution in [0.1, 0.15) is 19.5 Å². The number of rotatable bonds is 6. The van der Waals surface area contributed by atoms with Crippen LogP contribution in [0.2, 0.25) is 0 Å². The highest BCUT2D eigenvalue weighted by Gasteiger charge is 2.14. The van der Waals surface area contributed by atoms with Crippen molar-refractivity contribution in [2.75, 3.05) is 18.8 Å². The van der Waals surface area contributed by atoms with E-state index in [-0.39, 0.29) is 5.91 Å². The minimum absolute atomic E-state index is 0.102. The van der Waals surface area contributed by atoms with Gasteiger partial charge < -0.3 is 4.90 Å². The van der Waals surface area contributed by atoms with Crippen LogP contribution in [0.25, 0.3) is 11.0 Å². The van der Waals surface area contributed by atoms with Crippen LogP contribution in [0.5, 0.6) is 0 Å². The van der Waals surface area contributed by atoms with Gasteiger partial charge >= 0.3 is 0 Å². The lowest BCUT2D eigenvalue weighted by molar-refractivity contribution is -0.127. The Hall–Kier alpha value is -1.88. The number of aromatic nitrogens is 2. The lowest BCUT2D eigenvalue weighted by Crippen LogP contribution is -2.33. The van der Waals surface area contributed by atoms with Crippen molar-refractivity contribution >= 4 is 28.7 Å². The summed E-state index contributed by atoms with van der Waals surface area (Å²) in [6.07, 6.45) is 0. The van der Waals surface area contributed by atoms with Crippen molar-refractivity contribution in [1.82, 2.24) is 14.9 Å². The molecule has 0 saturated heterocycles. The summed E-state index contributed by atoms with van der Waals surface area (Å²) in [6, 6.07) is 7.77. The van der Waals surface area contributed by atoms with Crippen LogP contribution in [-0.4, -0.2) is 39.6 Å². The standard InChI is InChI=1S/C17H21N3OS/c1-5-20(10-12(2)3)16(21)11-22-17-13(4)18-14-8-6-7-9-15(14)19-17/h6-9H,2,5,10-11H2,1,3-4H3. The van der Waals surface area contributed by atoms with E-state index in [1.54, 1.807) is 4.90 Å². The molecular weight excluding hydrogens is 294 g/mol. The molecule has 0 fully saturated rings. The fraction of sp³-hybridized carbons (Fsp3) is 0.353. The molecule has 1 aromatic heterocycles. The van der Waals surface area contributed by atoms with Gasteiger partial charge in [0, 0.05) is 13.1 Å². The first kappa shape index (κ1) is 16.5. The topological polar surface area (TPSA) is 46.1 Å². The van der Waals surface area contributed by atoms with Crippen molar-refractivity contribution < 1.29 is 4.79 Å². The Morgan fingerprint density at radius 2 is 1.91 bits per heavy atom. The minimum atomic E-state index is 0.102. The number of likely N-dealkylation sites (N-methyl/N-ethyl adjacent to an activating group) is 1. The minimum Gasteiger partial charge on any atom is -0.338 e. The van der Waals surface area contributed by atoms with Gasteiger partial charge in [0.1, 0.15) is 5.03 Å². The van der Waals surface area contributed by atoms with Crippen molar-refractivity contribution in [3.63, 3.8) is 0 Å². The van der Waals surface area contributed by atoms with E-state index in [0.717, 1.165) is 27.3 Å². The normalized spacial score (nSPS) is 10.7. The molecule has 0 saturated carbocycles. The smallest absolute Gasteiger partial charge is 0.233 e. The molecule has 0 radical (unpaired) electrons. The Bertz CT molecular complexity index is 699. The molecule has 116 valence electrons. The summed E-state index contributed by atoms with van der Waals surface area (Å²) in [7, 11) is 0. The number of aryl methyl sites for hydroxylation is 1. The molecule has 0 atom stereocenters. The van der Waals surface area contributed by atoms with E-state index < -0.39 is 0 Å². The highest BCUT2D eigenvalue weighted by atomic mass is 32.2. The van der Waals surface area contributed by atoms with E-state index in [4.69, 9.17) is 0 Å². The van der Waals surface area contributed by atoms with E-state index in [0.29, 0.717) is 18.8 Å². The molecule has 1 amide bonds. The van der Waals surface area contributed by atoms with Crippen LogP contribution in [0.4, 0.5) is 0 Å². The number of carbonyl (C=O) groups excluding carboxylic acids is 1. The molecule has 0 aliphatic carbocycles. The second-order valence-corrected chi connectivity index (χ2v) is 6.22. The monoisotopic (exact) mass is 315 g/mol. The average molecular weight is 315 g/mol. The Kier molecular flexibility index (Phi) is 5.55. The fourth-order valence-corrected chi connectivity index (χ4v) is 2.99. The Morgan fingerprint density at radius 3 is 2.50 bits per heavy atom. The van der Waals surface area contributed by atoms with Crippen molar-refractivity contribution in [2.45, 2.75) is 25.8 Å². The Balaban J connectivity index is 2.09. The van der Waals surface area contributed by atoms with Crippen molar-refractivity contribution in [2.24, 2.45) is 0 Å². The third-order valence-corrected chi connectivity index (χ3v) is 4.28. The number of hydrogen-bond donors (Lipinski definition) is 0. The Labute approximate surface area is 135 Å². The van der Waals surface area contributed by atoms with Gasteiger partial charge in [-0.05, 0) is 32.9 Å². The second kappa shape index (κ2) is 7.40. The van der Waals surface area contributed by atoms with E-state index in [2.05, 4.69) is 16.5 Å². The zero-order valence-corrected chi connectivity index (χ0v) is 14.1. The van der Waals surface area contributed by atoms with Crippen LogP contribution in [0.3, 0.4) is 0 Å². The molecule has 2 rings (SSSR count). The number of thioether (sulfide) groups is 1. The molecule has 0 spiro atoms. The summed E-state index contributed by atoms with van der Waals surface area (Å²) >= 11 is 1.45. The summed E-state index contributed by atoms with van der Waals surface area (Å²) in [5.41, 5.74) is 3.59. The van der Waals surface area contributed by atoms with E-state index in [1.165, 1.54) is 11.8 Å². The van der Waals surface area contributed by atoms with Crippen LogP contribution >= 0.6 is 11.8 Å². The van der Waals surface area contributed by atoms with Crippen molar-refractivity contribution in [1.29, 1.82) is 0 Å². The maximum absolute atomic E-state index is 12.3. The van der Waals surface area contributed by atoms with Gasteiger partial charge in [-0.15, -0.1) is 0 Å². The number of hydrogen-bond acceptors (Lipinski definition) is 4. The maximum Gasteiger partial charge on any atom is 0.233 e. The van der Waals surface area contributed by atoms with E-state index >= 15 is 0 Å². The van der Waals surface area contributed by atoms with Gasteiger partial charge in [-0.1, -0.05) is 36.0 Å². The van der Waals surface area contributed by atoms with Crippen LogP contribution in [-0.2, 0) is 4.79 Å². The predicted molar refractivity (Wildman–Crippen MR) is 92.1 cm³/mol. The lowest BCUT2D eigenvalue weighted by Gasteiger charge is -2.20. The molecule has 5 heteroatoms. The predicted octanol–water partition coefficient (Wildman–Crippen LogP) is 3.45. The van der Waals surface area contributed by atoms with Gasteiger partial charge in [0.15, 0.2) is 0 Å². The van der Waals surface area contributed by atoms with Gasteiger partial charge in [0.2, 0.25) is 5.91 Å². The lowest BCUT2D eigenvalue weighted by atomic mass is 10.3. The first-order valence-corrected chi connectivity index (χ1v) is 8.28. The number of benzene rings is 1. The third-order valence-electron chi connectivity index (χ3n) is 3.23. The average Bonchev–Trinajstić information content (AvgIpc) is 2.50. The molecule has 1 aromatic carbocycles. The molecule has 0 N–H and O–H groups in total. The number of carbonyl (C=O) groups is 1. The maximum atomic E-state index is 12.3. The molecule has 0 unspecified atom stereocenters. The molecule has 0 bridgehead atoms. The number of amides is 1. The van der Waals surface area contributed by atoms with E-state index in [1.807, 2.05) is 45.0 Å². The molecule has 1 heterocycles. The van der Waals surface area contributed by atoms with Gasteiger partial charge in [-0.2, -0.15) is 0 Å². The van der Waals surface area contributed by atoms with Gasteiger partial charge in [-0.25, -0.2) is 9.97 Å².